The summed E-state index contributed by atoms with van der Waals surface area (Å²) < 4.78 is 4.84. The maximum atomic E-state index is 12.5. The maximum Gasteiger partial charge on any atom is 0.328 e. The highest BCUT2D eigenvalue weighted by Crippen LogP contribution is 2.19. The van der Waals surface area contributed by atoms with Crippen LogP contribution in [0.4, 0.5) is 0 Å². The molecule has 2 N–H and O–H groups in total. The lowest BCUT2D eigenvalue weighted by molar-refractivity contribution is -0.142. The Kier molecular flexibility index (Phi) is 4.99. The molecule has 3 aromatic rings. The van der Waals surface area contributed by atoms with Crippen molar-refractivity contribution in [1.82, 2.24) is 10.3 Å². The first-order chi connectivity index (χ1) is 12.6. The molecule has 0 radical (unpaired) electrons. The molecule has 0 aliphatic rings. The van der Waals surface area contributed by atoms with Gasteiger partial charge in [-0.3, -0.25) is 4.79 Å². The van der Waals surface area contributed by atoms with Crippen LogP contribution in [0.15, 0.2) is 54.7 Å². The van der Waals surface area contributed by atoms with E-state index in [-0.39, 0.29) is 0 Å². The number of esters is 1. The van der Waals surface area contributed by atoms with Gasteiger partial charge in [-0.1, -0.05) is 24.3 Å². The third kappa shape index (κ3) is 3.57. The van der Waals surface area contributed by atoms with E-state index < -0.39 is 17.9 Å². The predicted octanol–water partition coefficient (Wildman–Crippen LogP) is 2.55. The van der Waals surface area contributed by atoms with E-state index in [0.717, 1.165) is 16.5 Å². The summed E-state index contributed by atoms with van der Waals surface area (Å²) in [5, 5.41) is 12.7. The van der Waals surface area contributed by atoms with Crippen LogP contribution in [0.2, 0.25) is 0 Å². The minimum Gasteiger partial charge on any atom is -0.467 e. The molecule has 2 aromatic carbocycles. The predicted molar refractivity (Wildman–Crippen MR) is 96.4 cm³/mol. The molecule has 0 fully saturated rings. The molecule has 1 atom stereocenters. The fourth-order valence-electron chi connectivity index (χ4n) is 2.83. The van der Waals surface area contributed by atoms with E-state index in [2.05, 4.69) is 10.3 Å². The van der Waals surface area contributed by atoms with E-state index in [4.69, 9.17) is 10.00 Å². The summed E-state index contributed by atoms with van der Waals surface area (Å²) in [6.07, 6.45) is 2.11. The monoisotopic (exact) mass is 347 g/mol. The molecular weight excluding hydrogens is 330 g/mol. The Morgan fingerprint density at radius 3 is 2.81 bits per heavy atom. The topological polar surface area (TPSA) is 95.0 Å². The molecule has 0 spiro atoms. The molecule has 6 nitrogen and oxygen atoms in total. The lowest BCUT2D eigenvalue weighted by Crippen LogP contribution is -2.43. The molecule has 0 aliphatic heterocycles. The molecule has 1 amide bonds. The van der Waals surface area contributed by atoms with Crippen molar-refractivity contribution in [1.29, 1.82) is 5.26 Å². The Labute approximate surface area is 150 Å². The lowest BCUT2D eigenvalue weighted by atomic mass is 10.0. The molecule has 3 rings (SSSR count). The number of nitriles is 1. The van der Waals surface area contributed by atoms with Crippen LogP contribution in [0.1, 0.15) is 21.5 Å². The summed E-state index contributed by atoms with van der Waals surface area (Å²) in [7, 11) is 1.28. The van der Waals surface area contributed by atoms with Crippen molar-refractivity contribution in [3.8, 4) is 6.07 Å². The van der Waals surface area contributed by atoms with Gasteiger partial charge in [0.05, 0.1) is 18.7 Å². The van der Waals surface area contributed by atoms with Gasteiger partial charge >= 0.3 is 5.97 Å². The molecule has 0 bridgehead atoms. The second-order valence-corrected chi connectivity index (χ2v) is 5.81. The highest BCUT2D eigenvalue weighted by molar-refractivity contribution is 5.97. The van der Waals surface area contributed by atoms with E-state index in [1.54, 1.807) is 18.2 Å². The number of fused-ring (bicyclic) bond motifs is 1. The third-order valence-electron chi connectivity index (χ3n) is 4.14. The molecular formula is C20H17N3O3. The number of rotatable bonds is 5. The highest BCUT2D eigenvalue weighted by Gasteiger charge is 2.24. The summed E-state index contributed by atoms with van der Waals surface area (Å²) in [5.41, 5.74) is 2.56. The van der Waals surface area contributed by atoms with Crippen LogP contribution < -0.4 is 5.32 Å². The second kappa shape index (κ2) is 7.53. The molecule has 0 saturated carbocycles. The average molecular weight is 347 g/mol. The Morgan fingerprint density at radius 1 is 1.23 bits per heavy atom. The molecule has 0 saturated heterocycles. The van der Waals surface area contributed by atoms with Crippen LogP contribution in [0.3, 0.4) is 0 Å². The minimum atomic E-state index is -0.836. The standard InChI is InChI=1S/C20H17N3O3/c1-26-20(25)18(10-15-12-22-17-8-3-2-7-16(15)17)23-19(24)14-6-4-5-13(9-14)11-21/h2-9,12,18,22H,10H2,1H3,(H,23,24). The second-order valence-electron chi connectivity index (χ2n) is 5.81. The normalized spacial score (nSPS) is 11.5. The Morgan fingerprint density at radius 2 is 2.04 bits per heavy atom. The number of methoxy groups -OCH3 is 1. The van der Waals surface area contributed by atoms with Crippen LogP contribution in [-0.4, -0.2) is 30.0 Å². The number of hydrogen-bond donors (Lipinski definition) is 2. The first-order valence-electron chi connectivity index (χ1n) is 8.06. The fraction of sp³-hybridized carbons (Fsp3) is 0.150. The number of H-pyrrole nitrogens is 1. The van der Waals surface area contributed by atoms with E-state index >= 15 is 0 Å². The minimum absolute atomic E-state index is 0.292. The number of carbonyl (C=O) groups excluding carboxylic acids is 2. The number of para-hydroxylation sites is 1. The maximum absolute atomic E-state index is 12.5. The van der Waals surface area contributed by atoms with E-state index in [0.29, 0.717) is 17.5 Å². The Hall–Kier alpha value is -3.59. The van der Waals surface area contributed by atoms with Gasteiger partial charge in [-0.15, -0.1) is 0 Å². The molecule has 6 heteroatoms. The van der Waals surface area contributed by atoms with Crippen molar-refractivity contribution in [3.63, 3.8) is 0 Å². The van der Waals surface area contributed by atoms with Crippen LogP contribution in [-0.2, 0) is 16.0 Å². The van der Waals surface area contributed by atoms with Gasteiger partial charge in [-0.2, -0.15) is 5.26 Å². The van der Waals surface area contributed by atoms with Crippen molar-refractivity contribution in [2.24, 2.45) is 0 Å². The smallest absolute Gasteiger partial charge is 0.328 e. The Balaban J connectivity index is 1.83. The zero-order valence-electron chi connectivity index (χ0n) is 14.2. The van der Waals surface area contributed by atoms with Crippen LogP contribution in [0.25, 0.3) is 10.9 Å². The molecule has 1 unspecified atom stereocenters. The summed E-state index contributed by atoms with van der Waals surface area (Å²) in [6.45, 7) is 0. The quantitative estimate of drug-likeness (QED) is 0.694. The Bertz CT molecular complexity index is 1000. The van der Waals surface area contributed by atoms with Gasteiger partial charge in [0.25, 0.3) is 5.91 Å². The van der Waals surface area contributed by atoms with Gasteiger partial charge in [0.1, 0.15) is 6.04 Å². The number of ether oxygens (including phenoxy) is 1. The van der Waals surface area contributed by atoms with Gasteiger partial charge in [0.2, 0.25) is 0 Å². The van der Waals surface area contributed by atoms with E-state index in [9.17, 15) is 9.59 Å². The number of carbonyl (C=O) groups is 2. The van der Waals surface area contributed by atoms with Crippen molar-refractivity contribution >= 4 is 22.8 Å². The van der Waals surface area contributed by atoms with Crippen LogP contribution in [0.5, 0.6) is 0 Å². The van der Waals surface area contributed by atoms with Crippen molar-refractivity contribution in [2.45, 2.75) is 12.5 Å². The zero-order chi connectivity index (χ0) is 18.5. The first kappa shape index (κ1) is 17.2. The van der Waals surface area contributed by atoms with Gasteiger partial charge in [-0.05, 0) is 29.8 Å². The summed E-state index contributed by atoms with van der Waals surface area (Å²) in [6, 6.07) is 15.2. The van der Waals surface area contributed by atoms with Gasteiger partial charge in [0.15, 0.2) is 0 Å². The zero-order valence-corrected chi connectivity index (χ0v) is 14.2. The SMILES string of the molecule is COC(=O)C(Cc1c[nH]c2ccccc12)NC(=O)c1cccc(C#N)c1. The number of hydrogen-bond acceptors (Lipinski definition) is 4. The number of benzene rings is 2. The van der Waals surface area contributed by atoms with Crippen LogP contribution in [0, 0.1) is 11.3 Å². The van der Waals surface area contributed by atoms with Gasteiger partial charge in [-0.25, -0.2) is 4.79 Å². The average Bonchev–Trinajstić information content (AvgIpc) is 3.09. The number of aromatic nitrogens is 1. The van der Waals surface area contributed by atoms with Gasteiger partial charge in [0, 0.05) is 29.1 Å². The summed E-state index contributed by atoms with van der Waals surface area (Å²) in [4.78, 5) is 27.8. The molecule has 1 aromatic heterocycles. The highest BCUT2D eigenvalue weighted by atomic mass is 16.5. The number of nitrogens with zero attached hydrogens (tertiary/aromatic N) is 1. The molecule has 1 heterocycles. The van der Waals surface area contributed by atoms with E-state index in [1.807, 2.05) is 36.5 Å². The van der Waals surface area contributed by atoms with E-state index in [1.165, 1.54) is 13.2 Å². The van der Waals surface area contributed by atoms with Crippen molar-refractivity contribution < 1.29 is 14.3 Å². The lowest BCUT2D eigenvalue weighted by Gasteiger charge is -2.16. The molecule has 0 aliphatic carbocycles. The molecule has 130 valence electrons. The van der Waals surface area contributed by atoms with Crippen molar-refractivity contribution in [2.75, 3.05) is 7.11 Å². The number of amides is 1. The largest absolute Gasteiger partial charge is 0.467 e. The fourth-order valence-corrected chi connectivity index (χ4v) is 2.83. The number of nitrogens with one attached hydrogen (secondary N) is 2. The van der Waals surface area contributed by atoms with Crippen LogP contribution >= 0.6 is 0 Å². The molecule has 26 heavy (non-hydrogen) atoms. The number of aromatic amines is 1. The third-order valence-corrected chi connectivity index (χ3v) is 4.14. The first-order valence-corrected chi connectivity index (χ1v) is 8.06. The van der Waals surface area contributed by atoms with Gasteiger partial charge < -0.3 is 15.0 Å². The summed E-state index contributed by atoms with van der Waals surface area (Å²) in [5.74, 6) is -0.961. The summed E-state index contributed by atoms with van der Waals surface area (Å²) >= 11 is 0. The van der Waals surface area contributed by atoms with Crippen molar-refractivity contribution in [3.05, 3.63) is 71.4 Å².